The van der Waals surface area contributed by atoms with E-state index < -0.39 is 6.04 Å². The van der Waals surface area contributed by atoms with Crippen LogP contribution in [0.4, 0.5) is 0 Å². The van der Waals surface area contributed by atoms with Gasteiger partial charge in [-0.25, -0.2) is 4.98 Å². The number of methoxy groups -OCH3 is 1. The highest BCUT2D eigenvalue weighted by Gasteiger charge is 2.11. The van der Waals surface area contributed by atoms with Crippen molar-refractivity contribution >= 4 is 17.2 Å². The fourth-order valence-electron chi connectivity index (χ4n) is 2.05. The molecule has 6 heteroatoms. The Morgan fingerprint density at radius 2 is 2.14 bits per heavy atom. The van der Waals surface area contributed by atoms with Crippen LogP contribution < -0.4 is 11.1 Å². The first-order valence-electron chi connectivity index (χ1n) is 7.14. The van der Waals surface area contributed by atoms with Gasteiger partial charge < -0.3 is 15.8 Å². The number of benzene rings is 1. The van der Waals surface area contributed by atoms with Crippen LogP contribution in [0.25, 0.3) is 11.3 Å². The molecule has 3 N–H and O–H groups in total. The van der Waals surface area contributed by atoms with E-state index in [0.29, 0.717) is 6.54 Å². The lowest BCUT2D eigenvalue weighted by Gasteiger charge is -2.11. The van der Waals surface area contributed by atoms with Gasteiger partial charge in [0.1, 0.15) is 6.04 Å². The number of carbonyl (C=O) groups is 1. The van der Waals surface area contributed by atoms with Gasteiger partial charge in [-0.15, -0.1) is 11.3 Å². The van der Waals surface area contributed by atoms with Crippen LogP contribution in [0.5, 0.6) is 0 Å². The number of rotatable bonds is 7. The predicted octanol–water partition coefficient (Wildman–Crippen LogP) is 1.75. The zero-order valence-electron chi connectivity index (χ0n) is 12.8. The van der Waals surface area contributed by atoms with Crippen molar-refractivity contribution in [1.29, 1.82) is 0 Å². The summed E-state index contributed by atoms with van der Waals surface area (Å²) >= 11 is 1.65. The highest BCUT2D eigenvalue weighted by molar-refractivity contribution is 7.09. The minimum absolute atomic E-state index is 0.184. The van der Waals surface area contributed by atoms with Gasteiger partial charge in [-0.1, -0.05) is 24.3 Å². The van der Waals surface area contributed by atoms with Gasteiger partial charge >= 0.3 is 0 Å². The van der Waals surface area contributed by atoms with E-state index in [9.17, 15) is 4.79 Å². The normalized spacial score (nSPS) is 12.1. The second kappa shape index (κ2) is 8.03. The number of aromatic nitrogens is 1. The summed E-state index contributed by atoms with van der Waals surface area (Å²) in [6, 6.07) is 7.63. The van der Waals surface area contributed by atoms with Crippen LogP contribution in [0.2, 0.25) is 0 Å². The molecule has 2 aromatic rings. The molecule has 0 aliphatic heterocycles. The van der Waals surface area contributed by atoms with Gasteiger partial charge in [0.15, 0.2) is 0 Å². The van der Waals surface area contributed by atoms with E-state index in [2.05, 4.69) is 39.9 Å². The largest absolute Gasteiger partial charge is 0.383 e. The fourth-order valence-corrected chi connectivity index (χ4v) is 2.68. The van der Waals surface area contributed by atoms with Crippen LogP contribution in [0.1, 0.15) is 10.6 Å². The third kappa shape index (κ3) is 4.62. The quantitative estimate of drug-likeness (QED) is 0.815. The van der Waals surface area contributed by atoms with E-state index in [-0.39, 0.29) is 12.5 Å². The number of nitrogens with zero attached hydrogens (tertiary/aromatic N) is 1. The zero-order chi connectivity index (χ0) is 15.9. The summed E-state index contributed by atoms with van der Waals surface area (Å²) in [6.07, 6.45) is 0.766. The molecule has 1 aromatic heterocycles. The lowest BCUT2D eigenvalue weighted by molar-refractivity contribution is -0.123. The van der Waals surface area contributed by atoms with E-state index in [4.69, 9.17) is 10.5 Å². The van der Waals surface area contributed by atoms with E-state index >= 15 is 0 Å². The number of thiazole rings is 1. The summed E-state index contributed by atoms with van der Waals surface area (Å²) in [5, 5.41) is 5.93. The van der Waals surface area contributed by atoms with Gasteiger partial charge in [0.25, 0.3) is 0 Å². The molecular formula is C16H21N3O2S. The summed E-state index contributed by atoms with van der Waals surface area (Å²) in [4.78, 5) is 16.1. The topological polar surface area (TPSA) is 77.2 Å². The molecule has 0 fully saturated rings. The Morgan fingerprint density at radius 1 is 1.41 bits per heavy atom. The molecule has 0 saturated carbocycles. The van der Waals surface area contributed by atoms with E-state index in [1.54, 1.807) is 11.3 Å². The van der Waals surface area contributed by atoms with Crippen molar-refractivity contribution in [2.45, 2.75) is 19.4 Å². The van der Waals surface area contributed by atoms with Gasteiger partial charge in [0, 0.05) is 24.6 Å². The molecule has 0 aliphatic rings. The van der Waals surface area contributed by atoms with Crippen molar-refractivity contribution in [1.82, 2.24) is 10.3 Å². The van der Waals surface area contributed by atoms with Crippen molar-refractivity contribution in [3.63, 3.8) is 0 Å². The molecule has 1 heterocycles. The average molecular weight is 319 g/mol. The number of ether oxygens (including phenoxy) is 1. The summed E-state index contributed by atoms with van der Waals surface area (Å²) in [5.41, 5.74) is 8.93. The monoisotopic (exact) mass is 319 g/mol. The Balaban J connectivity index is 1.83. The van der Waals surface area contributed by atoms with Crippen LogP contribution in [-0.2, 0) is 16.0 Å². The highest BCUT2D eigenvalue weighted by atomic mass is 32.1. The summed E-state index contributed by atoms with van der Waals surface area (Å²) in [6.45, 7) is 2.79. The minimum atomic E-state index is -0.611. The summed E-state index contributed by atoms with van der Waals surface area (Å²) in [5.74, 6) is -0.184. The first-order chi connectivity index (χ1) is 10.6. The maximum atomic E-state index is 11.6. The van der Waals surface area contributed by atoms with Gasteiger partial charge in [-0.3, -0.25) is 4.79 Å². The number of hydrogen-bond acceptors (Lipinski definition) is 5. The van der Waals surface area contributed by atoms with E-state index in [1.165, 1.54) is 7.11 Å². The number of nitrogens with one attached hydrogen (secondary N) is 1. The molecule has 0 aliphatic carbocycles. The van der Waals surface area contributed by atoms with Crippen molar-refractivity contribution in [3.8, 4) is 11.3 Å². The number of aryl methyl sites for hydroxylation is 1. The van der Waals surface area contributed by atoms with Crippen LogP contribution in [0, 0.1) is 6.92 Å². The molecule has 0 bridgehead atoms. The molecule has 0 radical (unpaired) electrons. The molecular weight excluding hydrogens is 298 g/mol. The molecule has 118 valence electrons. The Bertz CT molecular complexity index is 610. The average Bonchev–Trinajstić information content (AvgIpc) is 2.94. The maximum absolute atomic E-state index is 11.6. The lowest BCUT2D eigenvalue weighted by atomic mass is 10.1. The highest BCUT2D eigenvalue weighted by Crippen LogP contribution is 2.21. The Labute approximate surface area is 134 Å². The Hall–Kier alpha value is -1.76. The second-order valence-electron chi connectivity index (χ2n) is 5.05. The van der Waals surface area contributed by atoms with Gasteiger partial charge in [0.05, 0.1) is 17.3 Å². The molecule has 2 rings (SSSR count). The van der Waals surface area contributed by atoms with Gasteiger partial charge in [-0.2, -0.15) is 0 Å². The Kier molecular flexibility index (Phi) is 6.06. The first-order valence-corrected chi connectivity index (χ1v) is 8.02. The molecule has 1 unspecified atom stereocenters. The van der Waals surface area contributed by atoms with Crippen molar-refractivity contribution in [3.05, 3.63) is 40.2 Å². The van der Waals surface area contributed by atoms with Crippen LogP contribution in [-0.4, -0.2) is 37.2 Å². The molecule has 1 aromatic carbocycles. The van der Waals surface area contributed by atoms with Crippen LogP contribution in [0.3, 0.4) is 0 Å². The zero-order valence-corrected chi connectivity index (χ0v) is 13.7. The number of carbonyl (C=O) groups excluding carboxylic acids is 1. The minimum Gasteiger partial charge on any atom is -0.383 e. The standard InChI is InChI=1S/C16H21N3O2S/c1-11-19-15(10-22-11)13-5-3-12(4-6-13)7-8-18-16(20)14(17)9-21-2/h3-6,10,14H,7-9,17H2,1-2H3,(H,18,20). The molecule has 0 spiro atoms. The van der Waals surface area contributed by atoms with Gasteiger partial charge in [0.2, 0.25) is 5.91 Å². The third-order valence-electron chi connectivity index (χ3n) is 3.26. The molecule has 1 atom stereocenters. The SMILES string of the molecule is COCC(N)C(=O)NCCc1ccc(-c2csc(C)n2)cc1. The first kappa shape index (κ1) is 16.6. The molecule has 22 heavy (non-hydrogen) atoms. The molecule has 0 saturated heterocycles. The maximum Gasteiger partial charge on any atom is 0.239 e. The summed E-state index contributed by atoms with van der Waals surface area (Å²) < 4.78 is 4.86. The Morgan fingerprint density at radius 3 is 2.73 bits per heavy atom. The van der Waals surface area contributed by atoms with Crippen molar-refractivity contribution in [2.24, 2.45) is 5.73 Å². The lowest BCUT2D eigenvalue weighted by Crippen LogP contribution is -2.44. The summed E-state index contributed by atoms with van der Waals surface area (Å²) in [7, 11) is 1.53. The van der Waals surface area contributed by atoms with E-state index in [0.717, 1.165) is 28.2 Å². The third-order valence-corrected chi connectivity index (χ3v) is 4.04. The van der Waals surface area contributed by atoms with Crippen LogP contribution >= 0.6 is 11.3 Å². The smallest absolute Gasteiger partial charge is 0.239 e. The number of nitrogens with two attached hydrogens (primary N) is 1. The number of amides is 1. The van der Waals surface area contributed by atoms with Gasteiger partial charge in [-0.05, 0) is 18.9 Å². The van der Waals surface area contributed by atoms with Crippen molar-refractivity contribution < 1.29 is 9.53 Å². The number of hydrogen-bond donors (Lipinski definition) is 2. The van der Waals surface area contributed by atoms with E-state index in [1.807, 2.05) is 6.92 Å². The molecule has 5 nitrogen and oxygen atoms in total. The van der Waals surface area contributed by atoms with Crippen LogP contribution in [0.15, 0.2) is 29.6 Å². The fraction of sp³-hybridized carbons (Fsp3) is 0.375. The van der Waals surface area contributed by atoms with Crippen molar-refractivity contribution in [2.75, 3.05) is 20.3 Å². The molecule has 1 amide bonds. The second-order valence-corrected chi connectivity index (χ2v) is 6.11. The predicted molar refractivity (Wildman–Crippen MR) is 88.9 cm³/mol.